The normalized spacial score (nSPS) is 18.1. The van der Waals surface area contributed by atoms with Crippen LogP contribution in [-0.2, 0) is 10.5 Å². The standard InChI is InChI=1S/C12H16FN3O.C2H6/c1-16-7-4-12(13,5-8-16)10-3-2-6-14-11(10)15-9-17;1-2/h2-3,6,9H,4-5,7-8H2,1H3,(H,14,15,17);1-2H3. The number of hydrogen-bond acceptors (Lipinski definition) is 3. The number of halogens is 1. The number of hydrogen-bond donors (Lipinski definition) is 1. The molecule has 19 heavy (non-hydrogen) atoms. The minimum atomic E-state index is -1.38. The topological polar surface area (TPSA) is 45.2 Å². The van der Waals surface area contributed by atoms with E-state index in [0.717, 1.165) is 0 Å². The first-order valence-electron chi connectivity index (χ1n) is 6.69. The highest BCUT2D eigenvalue weighted by Crippen LogP contribution is 2.39. The second-order valence-electron chi connectivity index (χ2n) is 4.43. The Hall–Kier alpha value is -1.49. The van der Waals surface area contributed by atoms with Crippen molar-refractivity contribution in [2.24, 2.45) is 0 Å². The molecule has 0 unspecified atom stereocenters. The molecule has 1 N–H and O–H groups in total. The van der Waals surface area contributed by atoms with E-state index in [1.54, 1.807) is 18.3 Å². The Kier molecular flexibility index (Phi) is 5.89. The van der Waals surface area contributed by atoms with Crippen LogP contribution in [0.25, 0.3) is 0 Å². The molecule has 1 saturated heterocycles. The largest absolute Gasteiger partial charge is 0.313 e. The Morgan fingerprint density at radius 3 is 2.63 bits per heavy atom. The van der Waals surface area contributed by atoms with Crippen LogP contribution in [-0.4, -0.2) is 36.4 Å². The number of pyridine rings is 1. The zero-order chi connectivity index (χ0) is 14.3. The van der Waals surface area contributed by atoms with E-state index < -0.39 is 5.67 Å². The number of rotatable bonds is 3. The summed E-state index contributed by atoms with van der Waals surface area (Å²) >= 11 is 0. The molecule has 1 aliphatic heterocycles. The van der Waals surface area contributed by atoms with E-state index in [9.17, 15) is 9.18 Å². The highest BCUT2D eigenvalue weighted by molar-refractivity contribution is 5.71. The molecular formula is C14H22FN3O. The lowest BCUT2D eigenvalue weighted by atomic mass is 9.86. The molecule has 0 radical (unpaired) electrons. The number of nitrogens with zero attached hydrogens (tertiary/aromatic N) is 2. The SMILES string of the molecule is CC.CN1CCC(F)(c2cccnc2NC=O)CC1. The molecule has 0 bridgehead atoms. The van der Waals surface area contributed by atoms with Crippen LogP contribution in [0.5, 0.6) is 0 Å². The van der Waals surface area contributed by atoms with Gasteiger partial charge in [-0.1, -0.05) is 19.9 Å². The van der Waals surface area contributed by atoms with Gasteiger partial charge in [0, 0.05) is 24.8 Å². The molecule has 1 aromatic rings. The van der Waals surface area contributed by atoms with Gasteiger partial charge < -0.3 is 10.2 Å². The summed E-state index contributed by atoms with van der Waals surface area (Å²) in [5.41, 5.74) is -0.897. The van der Waals surface area contributed by atoms with Crippen LogP contribution in [0, 0.1) is 0 Å². The zero-order valence-corrected chi connectivity index (χ0v) is 11.8. The van der Waals surface area contributed by atoms with Gasteiger partial charge in [0.1, 0.15) is 11.5 Å². The van der Waals surface area contributed by atoms with E-state index in [-0.39, 0.29) is 0 Å². The third-order valence-electron chi connectivity index (χ3n) is 3.27. The summed E-state index contributed by atoms with van der Waals surface area (Å²) in [6.45, 7) is 5.43. The summed E-state index contributed by atoms with van der Waals surface area (Å²) in [4.78, 5) is 16.6. The number of aromatic nitrogens is 1. The van der Waals surface area contributed by atoms with Crippen molar-refractivity contribution in [1.82, 2.24) is 9.88 Å². The quantitative estimate of drug-likeness (QED) is 0.856. The lowest BCUT2D eigenvalue weighted by Gasteiger charge is -2.35. The number of carbonyl (C=O) groups excluding carboxylic acids is 1. The van der Waals surface area contributed by atoms with E-state index in [4.69, 9.17) is 0 Å². The van der Waals surface area contributed by atoms with Crippen LogP contribution in [0.3, 0.4) is 0 Å². The fraction of sp³-hybridized carbons (Fsp3) is 0.571. The lowest BCUT2D eigenvalue weighted by molar-refractivity contribution is -0.105. The predicted molar refractivity (Wildman–Crippen MR) is 74.8 cm³/mol. The monoisotopic (exact) mass is 267 g/mol. The number of nitrogens with one attached hydrogen (secondary N) is 1. The summed E-state index contributed by atoms with van der Waals surface area (Å²) in [7, 11) is 1.98. The van der Waals surface area contributed by atoms with Crippen LogP contribution >= 0.6 is 0 Å². The highest BCUT2D eigenvalue weighted by Gasteiger charge is 2.37. The molecule has 0 aliphatic carbocycles. The second-order valence-corrected chi connectivity index (χ2v) is 4.43. The third kappa shape index (κ3) is 3.73. The summed E-state index contributed by atoms with van der Waals surface area (Å²) in [6.07, 6.45) is 2.95. The second kappa shape index (κ2) is 7.19. The molecule has 106 valence electrons. The molecule has 1 aliphatic rings. The fourth-order valence-corrected chi connectivity index (χ4v) is 2.18. The molecule has 2 rings (SSSR count). The van der Waals surface area contributed by atoms with Gasteiger partial charge in [-0.2, -0.15) is 0 Å². The van der Waals surface area contributed by atoms with Gasteiger partial charge in [-0.3, -0.25) is 4.79 Å². The van der Waals surface area contributed by atoms with Gasteiger partial charge >= 0.3 is 0 Å². The molecular weight excluding hydrogens is 245 g/mol. The van der Waals surface area contributed by atoms with Crippen molar-refractivity contribution in [2.45, 2.75) is 32.4 Å². The number of anilines is 1. The molecule has 1 amide bonds. The van der Waals surface area contributed by atoms with E-state index >= 15 is 0 Å². The molecule has 1 aromatic heterocycles. The maximum Gasteiger partial charge on any atom is 0.212 e. The van der Waals surface area contributed by atoms with Gasteiger partial charge in [0.05, 0.1) is 0 Å². The number of piperidine rings is 1. The Bertz CT molecular complexity index is 403. The van der Waals surface area contributed by atoms with Crippen molar-refractivity contribution in [1.29, 1.82) is 0 Å². The minimum absolute atomic E-state index is 0.328. The van der Waals surface area contributed by atoms with Crippen molar-refractivity contribution in [2.75, 3.05) is 25.5 Å². The van der Waals surface area contributed by atoms with Crippen molar-refractivity contribution in [3.8, 4) is 0 Å². The van der Waals surface area contributed by atoms with Gasteiger partial charge in [0.2, 0.25) is 6.41 Å². The minimum Gasteiger partial charge on any atom is -0.313 e. The molecule has 5 heteroatoms. The molecule has 4 nitrogen and oxygen atoms in total. The predicted octanol–water partition coefficient (Wildman–Crippen LogP) is 2.57. The Morgan fingerprint density at radius 1 is 1.42 bits per heavy atom. The number of carbonyl (C=O) groups is 1. The summed E-state index contributed by atoms with van der Waals surface area (Å²) in [5.74, 6) is 0.328. The average molecular weight is 267 g/mol. The van der Waals surface area contributed by atoms with Crippen molar-refractivity contribution < 1.29 is 9.18 Å². The molecule has 0 saturated carbocycles. The molecule has 0 spiro atoms. The van der Waals surface area contributed by atoms with Gasteiger partial charge in [0.25, 0.3) is 0 Å². The summed E-state index contributed by atoms with van der Waals surface area (Å²) < 4.78 is 14.8. The smallest absolute Gasteiger partial charge is 0.212 e. The van der Waals surface area contributed by atoms with E-state index in [2.05, 4.69) is 15.2 Å². The van der Waals surface area contributed by atoms with Crippen LogP contribution in [0.2, 0.25) is 0 Å². The van der Waals surface area contributed by atoms with Gasteiger partial charge in [0.15, 0.2) is 0 Å². The Balaban J connectivity index is 0.000000861. The number of likely N-dealkylation sites (tertiary alicyclic amines) is 1. The van der Waals surface area contributed by atoms with Crippen LogP contribution in [0.1, 0.15) is 32.3 Å². The number of alkyl halides is 1. The Morgan fingerprint density at radius 2 is 2.05 bits per heavy atom. The van der Waals surface area contributed by atoms with Crippen LogP contribution < -0.4 is 5.32 Å². The van der Waals surface area contributed by atoms with Gasteiger partial charge in [-0.15, -0.1) is 0 Å². The van der Waals surface area contributed by atoms with Crippen LogP contribution in [0.4, 0.5) is 10.2 Å². The molecule has 0 atom stereocenters. The van der Waals surface area contributed by atoms with Crippen molar-refractivity contribution in [3.63, 3.8) is 0 Å². The van der Waals surface area contributed by atoms with Crippen molar-refractivity contribution in [3.05, 3.63) is 23.9 Å². The first kappa shape index (κ1) is 15.6. The third-order valence-corrected chi connectivity index (χ3v) is 3.27. The maximum atomic E-state index is 14.8. The maximum absolute atomic E-state index is 14.8. The summed E-state index contributed by atoms with van der Waals surface area (Å²) in [6, 6.07) is 3.40. The van der Waals surface area contributed by atoms with Crippen molar-refractivity contribution >= 4 is 12.2 Å². The molecule has 2 heterocycles. The average Bonchev–Trinajstić information content (AvgIpc) is 2.45. The van der Waals surface area contributed by atoms with Gasteiger partial charge in [-0.25, -0.2) is 9.37 Å². The zero-order valence-electron chi connectivity index (χ0n) is 11.8. The van der Waals surface area contributed by atoms with E-state index in [1.807, 2.05) is 20.9 Å². The van der Waals surface area contributed by atoms with Crippen LogP contribution in [0.15, 0.2) is 18.3 Å². The molecule has 1 fully saturated rings. The van der Waals surface area contributed by atoms with Gasteiger partial charge in [-0.05, 0) is 26.0 Å². The first-order valence-corrected chi connectivity index (χ1v) is 6.69. The summed E-state index contributed by atoms with van der Waals surface area (Å²) in [5, 5.41) is 2.46. The highest BCUT2D eigenvalue weighted by atomic mass is 19.1. The van der Waals surface area contributed by atoms with E-state index in [1.165, 1.54) is 0 Å². The lowest BCUT2D eigenvalue weighted by Crippen LogP contribution is -2.38. The first-order chi connectivity index (χ1) is 9.15. The molecule has 0 aromatic carbocycles. The number of amides is 1. The van der Waals surface area contributed by atoms with E-state index in [0.29, 0.717) is 43.7 Å². The fourth-order valence-electron chi connectivity index (χ4n) is 2.18. The Labute approximate surface area is 114 Å².